The Labute approximate surface area is 88.7 Å². The van der Waals surface area contributed by atoms with Gasteiger partial charge in [-0.15, -0.1) is 0 Å². The SMILES string of the molecule is [O]=[Sb]([OH])([OH])[c]1ccc(SOOO)cc1. The van der Waals surface area contributed by atoms with Gasteiger partial charge in [-0.25, -0.2) is 0 Å². The van der Waals surface area contributed by atoms with E-state index in [1.807, 2.05) is 0 Å². The Morgan fingerprint density at radius 1 is 1.21 bits per heavy atom. The van der Waals surface area contributed by atoms with Crippen molar-refractivity contribution in [1.29, 1.82) is 0 Å². The Bertz CT molecular complexity index is 333. The molecule has 0 atom stereocenters. The van der Waals surface area contributed by atoms with Gasteiger partial charge in [0.15, 0.2) is 0 Å². The fourth-order valence-corrected chi connectivity index (χ4v) is 2.64. The first-order chi connectivity index (χ1) is 6.54. The maximum absolute atomic E-state index is 10.8. The van der Waals surface area contributed by atoms with E-state index in [2.05, 4.69) is 9.37 Å². The van der Waals surface area contributed by atoms with E-state index >= 15 is 0 Å². The third-order valence-electron chi connectivity index (χ3n) is 1.33. The Balaban J connectivity index is 2.74. The predicted molar refractivity (Wildman–Crippen MR) is 47.6 cm³/mol. The van der Waals surface area contributed by atoms with Gasteiger partial charge in [-0.1, -0.05) is 0 Å². The average molecular weight is 329 g/mol. The number of benzene rings is 1. The van der Waals surface area contributed by atoms with Crippen LogP contribution in [0.5, 0.6) is 0 Å². The van der Waals surface area contributed by atoms with E-state index in [0.29, 0.717) is 4.90 Å². The zero-order valence-electron chi connectivity index (χ0n) is 6.73. The van der Waals surface area contributed by atoms with Gasteiger partial charge in [-0.2, -0.15) is 0 Å². The van der Waals surface area contributed by atoms with Gasteiger partial charge in [0.1, 0.15) is 0 Å². The van der Waals surface area contributed by atoms with Gasteiger partial charge in [-0.3, -0.25) is 0 Å². The van der Waals surface area contributed by atoms with Crippen molar-refractivity contribution < 1.29 is 24.4 Å². The summed E-state index contributed by atoms with van der Waals surface area (Å²) in [5.74, 6) is 0. The minimum absolute atomic E-state index is 0.0118. The monoisotopic (exact) mass is 328 g/mol. The molecule has 78 valence electrons. The van der Waals surface area contributed by atoms with Crippen molar-refractivity contribution in [3.05, 3.63) is 24.3 Å². The second kappa shape index (κ2) is 5.18. The molecule has 0 bridgehead atoms. The average Bonchev–Trinajstić information content (AvgIpc) is 2.14. The summed E-state index contributed by atoms with van der Waals surface area (Å²) in [6, 6.07) is 5.52. The van der Waals surface area contributed by atoms with Crippen LogP contribution in [0.15, 0.2) is 29.2 Å². The summed E-state index contributed by atoms with van der Waals surface area (Å²) in [7, 11) is 0. The van der Waals surface area contributed by atoms with E-state index in [0.717, 1.165) is 12.0 Å². The van der Waals surface area contributed by atoms with Gasteiger partial charge in [-0.05, 0) is 0 Å². The molecule has 0 fully saturated rings. The maximum atomic E-state index is 10.8. The first-order valence-corrected chi connectivity index (χ1v) is 8.69. The molecule has 0 aliphatic rings. The molecule has 0 aliphatic heterocycles. The van der Waals surface area contributed by atoms with Crippen LogP contribution in [0, 0.1) is 0 Å². The minimum atomic E-state index is -5.07. The van der Waals surface area contributed by atoms with Crippen LogP contribution in [0.2, 0.25) is 0 Å². The molecular weight excluding hydrogens is 322 g/mol. The summed E-state index contributed by atoms with van der Waals surface area (Å²) < 4.78 is 32.7. The summed E-state index contributed by atoms with van der Waals surface area (Å²) in [6.07, 6.45) is 0. The van der Waals surface area contributed by atoms with Crippen molar-refractivity contribution in [3.63, 3.8) is 0 Å². The third kappa shape index (κ3) is 3.62. The molecule has 0 aromatic heterocycles. The van der Waals surface area contributed by atoms with Gasteiger partial charge in [0.25, 0.3) is 0 Å². The van der Waals surface area contributed by atoms with Gasteiger partial charge >= 0.3 is 88.8 Å². The molecule has 0 aliphatic carbocycles. The molecule has 0 saturated heterocycles. The van der Waals surface area contributed by atoms with Crippen molar-refractivity contribution in [2.45, 2.75) is 4.90 Å². The summed E-state index contributed by atoms with van der Waals surface area (Å²) in [4.78, 5) is 0.552. The fourth-order valence-electron chi connectivity index (χ4n) is 0.750. The molecule has 0 heterocycles. The Morgan fingerprint density at radius 3 is 2.21 bits per heavy atom. The fraction of sp³-hybridized carbons (Fsp3) is 0. The third-order valence-corrected chi connectivity index (χ3v) is 4.70. The molecule has 1 rings (SSSR count). The zero-order valence-corrected chi connectivity index (χ0v) is 10.1. The van der Waals surface area contributed by atoms with Crippen LogP contribution in [0.3, 0.4) is 0 Å². The molecule has 0 amide bonds. The van der Waals surface area contributed by atoms with E-state index in [1.165, 1.54) is 24.3 Å². The predicted octanol–water partition coefficient (Wildman–Crippen LogP) is -0.324. The molecule has 1 aromatic rings. The van der Waals surface area contributed by atoms with Crippen molar-refractivity contribution >= 4 is 35.2 Å². The molecule has 8 heteroatoms. The van der Waals surface area contributed by atoms with Gasteiger partial charge in [0.05, 0.1) is 0 Å². The molecule has 6 nitrogen and oxygen atoms in total. The van der Waals surface area contributed by atoms with Crippen LogP contribution in [0.1, 0.15) is 0 Å². The molecular formula is C6H7O6SSb. The first-order valence-electron chi connectivity index (χ1n) is 3.35. The Kier molecular flexibility index (Phi) is 4.46. The van der Waals surface area contributed by atoms with Gasteiger partial charge in [0.2, 0.25) is 0 Å². The molecule has 1 aromatic carbocycles. The second-order valence-corrected chi connectivity index (χ2v) is 7.62. The van der Waals surface area contributed by atoms with E-state index < -0.39 is 19.6 Å². The van der Waals surface area contributed by atoms with Crippen molar-refractivity contribution in [2.24, 2.45) is 0 Å². The first kappa shape index (κ1) is 12.1. The summed E-state index contributed by atoms with van der Waals surface area (Å²) in [5, 5.41) is 11.2. The summed E-state index contributed by atoms with van der Waals surface area (Å²) >= 11 is -4.35. The van der Waals surface area contributed by atoms with E-state index in [1.54, 1.807) is 0 Å². The van der Waals surface area contributed by atoms with Crippen LogP contribution in [0.25, 0.3) is 0 Å². The standard InChI is InChI=1S/C6H5O3S.2H2O.O.Sb/c7-8-9-10-6-4-2-1-3-5-6;;;;/h2-5,7H;2*1H2;;/q;;;;+2/p-2. The molecule has 0 spiro atoms. The number of rotatable bonds is 4. The van der Waals surface area contributed by atoms with E-state index in [-0.39, 0.29) is 3.51 Å². The van der Waals surface area contributed by atoms with Crippen LogP contribution >= 0.6 is 12.0 Å². The van der Waals surface area contributed by atoms with Crippen LogP contribution in [0.4, 0.5) is 0 Å². The zero-order chi connectivity index (χ0) is 10.6. The summed E-state index contributed by atoms with van der Waals surface area (Å²) in [6.45, 7) is 0. The normalized spacial score (nSPS) is 11.6. The molecule has 0 unspecified atom stereocenters. The number of hydrogen-bond acceptors (Lipinski definition) is 5. The Morgan fingerprint density at radius 2 is 1.79 bits per heavy atom. The van der Waals surface area contributed by atoms with E-state index in [4.69, 9.17) is 12.0 Å². The van der Waals surface area contributed by atoms with Crippen LogP contribution in [-0.2, 0) is 12.4 Å². The van der Waals surface area contributed by atoms with Crippen molar-refractivity contribution in [3.8, 4) is 0 Å². The second-order valence-electron chi connectivity index (χ2n) is 2.26. The van der Waals surface area contributed by atoms with Crippen molar-refractivity contribution in [1.82, 2.24) is 0 Å². The van der Waals surface area contributed by atoms with Gasteiger partial charge < -0.3 is 0 Å². The topological polar surface area (TPSA) is 96.2 Å². The molecule has 3 N–H and O–H groups in total. The van der Waals surface area contributed by atoms with Crippen LogP contribution in [-0.4, -0.2) is 31.7 Å². The van der Waals surface area contributed by atoms with Gasteiger partial charge in [0, 0.05) is 0 Å². The summed E-state index contributed by atoms with van der Waals surface area (Å²) in [5.41, 5.74) is 0. The molecule has 14 heavy (non-hydrogen) atoms. The Hall–Kier alpha value is -0.0118. The quantitative estimate of drug-likeness (QED) is 0.301. The molecule has 0 saturated carbocycles. The number of hydrogen-bond donors (Lipinski definition) is 3. The molecule has 0 radical (unpaired) electrons. The van der Waals surface area contributed by atoms with Crippen molar-refractivity contribution in [2.75, 3.05) is 0 Å². The van der Waals surface area contributed by atoms with Crippen LogP contribution < -0.4 is 3.51 Å². The van der Waals surface area contributed by atoms with E-state index in [9.17, 15) is 3.02 Å².